The number of nitrogens with zero attached hydrogens (tertiary/aromatic N) is 2. The summed E-state index contributed by atoms with van der Waals surface area (Å²) in [4.78, 5) is 29.8. The number of aryl methyl sites for hydroxylation is 1. The molecule has 2 N–H and O–H groups in total. The van der Waals surface area contributed by atoms with Gasteiger partial charge in [0.05, 0.1) is 10.5 Å². The minimum Gasteiger partial charge on any atom is -0.369 e. The van der Waals surface area contributed by atoms with Crippen LogP contribution in [0.4, 0.5) is 5.82 Å². The molecule has 3 rings (SSSR count). The SMILES string of the molecule is CCCNc1nc2c(C)cccn2c(=O)c1/C=C1\SC(=S)NC1=O. The van der Waals surface area contributed by atoms with E-state index in [-0.39, 0.29) is 11.5 Å². The largest absolute Gasteiger partial charge is 0.369 e. The third-order valence-electron chi connectivity index (χ3n) is 3.54. The van der Waals surface area contributed by atoms with E-state index >= 15 is 0 Å². The Kier molecular flexibility index (Phi) is 4.68. The normalized spacial score (nSPS) is 16.0. The fourth-order valence-corrected chi connectivity index (χ4v) is 3.40. The summed E-state index contributed by atoms with van der Waals surface area (Å²) in [5, 5.41) is 5.73. The predicted molar refractivity (Wildman–Crippen MR) is 101 cm³/mol. The number of nitrogens with one attached hydrogen (secondary N) is 2. The molecule has 2 aromatic rings. The highest BCUT2D eigenvalue weighted by Crippen LogP contribution is 2.27. The maximum Gasteiger partial charge on any atom is 0.267 e. The molecule has 0 radical (unpaired) electrons. The summed E-state index contributed by atoms with van der Waals surface area (Å²) in [6.45, 7) is 4.62. The van der Waals surface area contributed by atoms with Gasteiger partial charge in [0.1, 0.15) is 15.8 Å². The Morgan fingerprint density at radius 1 is 1.46 bits per heavy atom. The van der Waals surface area contributed by atoms with E-state index in [4.69, 9.17) is 12.2 Å². The summed E-state index contributed by atoms with van der Waals surface area (Å²) in [5.41, 5.74) is 1.64. The summed E-state index contributed by atoms with van der Waals surface area (Å²) in [6.07, 6.45) is 4.13. The second-order valence-corrected chi connectivity index (χ2v) is 7.06. The highest BCUT2D eigenvalue weighted by Gasteiger charge is 2.24. The molecule has 24 heavy (non-hydrogen) atoms. The zero-order valence-electron chi connectivity index (χ0n) is 13.3. The first-order valence-corrected chi connectivity index (χ1v) is 8.74. The van der Waals surface area contributed by atoms with Gasteiger partial charge in [0, 0.05) is 12.7 Å². The van der Waals surface area contributed by atoms with Crippen molar-refractivity contribution >= 4 is 51.7 Å². The molecule has 0 aliphatic carbocycles. The number of anilines is 1. The number of hydrogen-bond donors (Lipinski definition) is 2. The van der Waals surface area contributed by atoms with Crippen LogP contribution in [0, 0.1) is 6.92 Å². The van der Waals surface area contributed by atoms with Crippen molar-refractivity contribution in [3.8, 4) is 0 Å². The topological polar surface area (TPSA) is 75.5 Å². The molecular formula is C16H16N4O2S2. The molecule has 1 amide bonds. The van der Waals surface area contributed by atoms with Gasteiger partial charge < -0.3 is 10.6 Å². The van der Waals surface area contributed by atoms with Crippen molar-refractivity contribution in [1.82, 2.24) is 14.7 Å². The van der Waals surface area contributed by atoms with Crippen molar-refractivity contribution in [3.63, 3.8) is 0 Å². The van der Waals surface area contributed by atoms with Crippen LogP contribution in [0.3, 0.4) is 0 Å². The molecule has 2 aromatic heterocycles. The maximum atomic E-state index is 12.9. The number of pyridine rings is 1. The molecule has 0 unspecified atom stereocenters. The van der Waals surface area contributed by atoms with Gasteiger partial charge in [-0.3, -0.25) is 14.0 Å². The Balaban J connectivity index is 2.23. The zero-order valence-corrected chi connectivity index (χ0v) is 14.9. The van der Waals surface area contributed by atoms with Crippen LogP contribution in [0.1, 0.15) is 24.5 Å². The lowest BCUT2D eigenvalue weighted by Crippen LogP contribution is -2.22. The lowest BCUT2D eigenvalue weighted by molar-refractivity contribution is -0.115. The van der Waals surface area contributed by atoms with Gasteiger partial charge in [0.25, 0.3) is 11.5 Å². The van der Waals surface area contributed by atoms with Gasteiger partial charge >= 0.3 is 0 Å². The Hall–Kier alpha value is -2.19. The van der Waals surface area contributed by atoms with Crippen LogP contribution in [-0.4, -0.2) is 26.2 Å². The number of carbonyl (C=O) groups is 1. The second-order valence-electron chi connectivity index (χ2n) is 5.34. The van der Waals surface area contributed by atoms with Crippen LogP contribution in [0.2, 0.25) is 0 Å². The molecule has 0 saturated carbocycles. The van der Waals surface area contributed by atoms with E-state index < -0.39 is 0 Å². The van der Waals surface area contributed by atoms with E-state index in [1.807, 2.05) is 19.9 Å². The van der Waals surface area contributed by atoms with Crippen molar-refractivity contribution in [1.29, 1.82) is 0 Å². The van der Waals surface area contributed by atoms with Crippen LogP contribution in [0.25, 0.3) is 11.7 Å². The third-order valence-corrected chi connectivity index (χ3v) is 4.71. The molecule has 1 aliphatic rings. The zero-order chi connectivity index (χ0) is 17.3. The fourth-order valence-electron chi connectivity index (χ4n) is 2.37. The molecule has 0 aromatic carbocycles. The van der Waals surface area contributed by atoms with Gasteiger partial charge in [-0.2, -0.15) is 0 Å². The summed E-state index contributed by atoms with van der Waals surface area (Å²) < 4.78 is 1.88. The van der Waals surface area contributed by atoms with Crippen LogP contribution in [0.5, 0.6) is 0 Å². The first-order valence-electron chi connectivity index (χ1n) is 7.52. The number of carbonyl (C=O) groups excluding carboxylic acids is 1. The quantitative estimate of drug-likeness (QED) is 0.644. The monoisotopic (exact) mass is 360 g/mol. The van der Waals surface area contributed by atoms with Crippen molar-refractivity contribution in [2.24, 2.45) is 0 Å². The maximum absolute atomic E-state index is 12.9. The summed E-state index contributed by atoms with van der Waals surface area (Å²) in [6, 6.07) is 3.70. The molecule has 8 heteroatoms. The Morgan fingerprint density at radius 2 is 2.25 bits per heavy atom. The Bertz CT molecular complexity index is 934. The van der Waals surface area contributed by atoms with Gasteiger partial charge in [0.2, 0.25) is 0 Å². The van der Waals surface area contributed by atoms with Gasteiger partial charge in [0.15, 0.2) is 0 Å². The van der Waals surface area contributed by atoms with Crippen LogP contribution < -0.4 is 16.2 Å². The standard InChI is InChI=1S/C16H16N4O2S2/c1-3-6-17-12-10(8-11-14(21)19-16(23)24-11)15(22)20-7-4-5-9(2)13(20)18-12/h4-5,7-8,17H,3,6H2,1-2H3,(H,19,21,23)/b11-8-. The van der Waals surface area contributed by atoms with E-state index in [2.05, 4.69) is 15.6 Å². The minimum absolute atomic E-state index is 0.221. The average Bonchev–Trinajstić information content (AvgIpc) is 2.87. The summed E-state index contributed by atoms with van der Waals surface area (Å²) >= 11 is 6.14. The molecule has 0 spiro atoms. The molecule has 0 bridgehead atoms. The Morgan fingerprint density at radius 3 is 2.92 bits per heavy atom. The highest BCUT2D eigenvalue weighted by molar-refractivity contribution is 8.26. The number of fused-ring (bicyclic) bond motifs is 1. The van der Waals surface area contributed by atoms with E-state index in [9.17, 15) is 9.59 Å². The highest BCUT2D eigenvalue weighted by atomic mass is 32.2. The number of hydrogen-bond acceptors (Lipinski definition) is 6. The first kappa shape index (κ1) is 16.7. The van der Waals surface area contributed by atoms with Gasteiger partial charge in [-0.05, 0) is 31.1 Å². The van der Waals surface area contributed by atoms with Gasteiger partial charge in [-0.1, -0.05) is 37.0 Å². The first-order chi connectivity index (χ1) is 11.5. The minimum atomic E-state index is -0.291. The predicted octanol–water partition coefficient (Wildman–Crippen LogP) is 2.31. The molecule has 1 fully saturated rings. The van der Waals surface area contributed by atoms with Gasteiger partial charge in [-0.15, -0.1) is 0 Å². The van der Waals surface area contributed by atoms with Crippen LogP contribution in [0.15, 0.2) is 28.0 Å². The van der Waals surface area contributed by atoms with Crippen molar-refractivity contribution in [3.05, 3.63) is 44.7 Å². The molecular weight excluding hydrogens is 344 g/mol. The van der Waals surface area contributed by atoms with E-state index in [1.165, 1.54) is 4.40 Å². The average molecular weight is 360 g/mol. The van der Waals surface area contributed by atoms with Crippen molar-refractivity contribution in [2.45, 2.75) is 20.3 Å². The van der Waals surface area contributed by atoms with E-state index in [0.29, 0.717) is 32.8 Å². The number of thioether (sulfide) groups is 1. The Labute approximate surface area is 148 Å². The van der Waals surface area contributed by atoms with Crippen LogP contribution in [-0.2, 0) is 4.79 Å². The fraction of sp³-hybridized carbons (Fsp3) is 0.250. The lowest BCUT2D eigenvalue weighted by atomic mass is 10.2. The van der Waals surface area contributed by atoms with E-state index in [0.717, 1.165) is 23.7 Å². The number of amides is 1. The summed E-state index contributed by atoms with van der Waals surface area (Å²) in [7, 11) is 0. The molecule has 124 valence electrons. The number of aromatic nitrogens is 2. The number of thiocarbonyl (C=S) groups is 1. The van der Waals surface area contributed by atoms with Crippen molar-refractivity contribution < 1.29 is 4.79 Å². The third kappa shape index (κ3) is 3.07. The molecule has 0 atom stereocenters. The summed E-state index contributed by atoms with van der Waals surface area (Å²) in [5.74, 6) is 0.190. The van der Waals surface area contributed by atoms with Crippen LogP contribution >= 0.6 is 24.0 Å². The smallest absolute Gasteiger partial charge is 0.267 e. The molecule has 1 saturated heterocycles. The molecule has 3 heterocycles. The lowest BCUT2D eigenvalue weighted by Gasteiger charge is -2.11. The second kappa shape index (κ2) is 6.74. The number of rotatable bonds is 4. The molecule has 1 aliphatic heterocycles. The molecule has 6 nitrogen and oxygen atoms in total. The van der Waals surface area contributed by atoms with Gasteiger partial charge in [-0.25, -0.2) is 4.98 Å². The van der Waals surface area contributed by atoms with E-state index in [1.54, 1.807) is 18.3 Å². The van der Waals surface area contributed by atoms with Crippen molar-refractivity contribution in [2.75, 3.05) is 11.9 Å².